The summed E-state index contributed by atoms with van der Waals surface area (Å²) in [6.45, 7) is 8.39. The average Bonchev–Trinajstić information content (AvgIpc) is 2.98. The molecule has 0 atom stereocenters. The summed E-state index contributed by atoms with van der Waals surface area (Å²) in [6.07, 6.45) is 2.49. The number of rotatable bonds is 2. The van der Waals surface area contributed by atoms with Crippen LogP contribution in [0.1, 0.15) is 39.9 Å². The molecule has 7 nitrogen and oxygen atoms in total. The van der Waals surface area contributed by atoms with Crippen molar-refractivity contribution in [2.75, 3.05) is 0 Å². The second kappa shape index (κ2) is 4.59. The summed E-state index contributed by atoms with van der Waals surface area (Å²) < 4.78 is 10.0. The van der Waals surface area contributed by atoms with Crippen molar-refractivity contribution >= 4 is 17.0 Å². The van der Waals surface area contributed by atoms with Crippen LogP contribution in [-0.4, -0.2) is 18.5 Å². The van der Waals surface area contributed by atoms with E-state index in [2.05, 4.69) is 4.98 Å². The minimum Gasteiger partial charge on any atom is -0.428 e. The molecule has 0 radical (unpaired) electrons. The quantitative estimate of drug-likeness (QED) is 0.721. The molecule has 7 heteroatoms. The topological polar surface area (TPSA) is 74.4 Å². The molecule has 0 unspecified atom stereocenters. The van der Waals surface area contributed by atoms with Crippen LogP contribution in [0.25, 0.3) is 17.0 Å². The van der Waals surface area contributed by atoms with Crippen molar-refractivity contribution in [1.82, 2.24) is 18.5 Å². The molecule has 0 aliphatic heterocycles. The zero-order valence-electron chi connectivity index (χ0n) is 13.5. The van der Waals surface area contributed by atoms with Crippen molar-refractivity contribution in [3.05, 3.63) is 32.8 Å². The number of imidazole rings is 1. The van der Waals surface area contributed by atoms with Crippen LogP contribution >= 0.6 is 0 Å². The molecule has 0 spiro atoms. The molecular weight excluding hydrogens is 284 g/mol. The fourth-order valence-corrected chi connectivity index (χ4v) is 2.52. The Bertz CT molecular complexity index is 979. The van der Waals surface area contributed by atoms with E-state index in [4.69, 9.17) is 4.42 Å². The second-order valence-corrected chi connectivity index (χ2v) is 6.58. The molecule has 0 saturated carbocycles. The number of nitrogens with zero attached hydrogens (tertiary/aromatic N) is 4. The molecular formula is C15H20N4O3. The fraction of sp³-hybridized carbons (Fsp3) is 0.533. The Balaban J connectivity index is 2.45. The standard InChI is InChI=1S/C15H20N4O3/c1-6-7-18-12(20)10-11(17(5)14(18)21)16-13-19(10)8-9(22-13)15(2,3)4/h8H,6-7H2,1-5H3. The van der Waals surface area contributed by atoms with Crippen LogP contribution in [0.3, 0.4) is 0 Å². The lowest BCUT2D eigenvalue weighted by Crippen LogP contribution is -2.39. The molecule has 0 aliphatic rings. The summed E-state index contributed by atoms with van der Waals surface area (Å²) in [5.74, 6) is 1.08. The van der Waals surface area contributed by atoms with Gasteiger partial charge in [0, 0.05) is 19.0 Å². The lowest BCUT2D eigenvalue weighted by atomic mass is 9.94. The fourth-order valence-electron chi connectivity index (χ4n) is 2.52. The zero-order valence-corrected chi connectivity index (χ0v) is 13.5. The predicted molar refractivity (Wildman–Crippen MR) is 83.5 cm³/mol. The Morgan fingerprint density at radius 2 is 1.95 bits per heavy atom. The zero-order chi connectivity index (χ0) is 16.2. The second-order valence-electron chi connectivity index (χ2n) is 6.58. The maximum atomic E-state index is 12.7. The van der Waals surface area contributed by atoms with Crippen LogP contribution in [0, 0.1) is 0 Å². The van der Waals surface area contributed by atoms with Gasteiger partial charge in [0.1, 0.15) is 5.76 Å². The van der Waals surface area contributed by atoms with Gasteiger partial charge in [-0.15, -0.1) is 0 Å². The molecule has 0 amide bonds. The first-order valence-electron chi connectivity index (χ1n) is 7.37. The van der Waals surface area contributed by atoms with Gasteiger partial charge in [-0.1, -0.05) is 27.7 Å². The number of aromatic nitrogens is 4. The van der Waals surface area contributed by atoms with Crippen molar-refractivity contribution in [1.29, 1.82) is 0 Å². The normalized spacial score (nSPS) is 12.6. The number of oxazole rings is 1. The van der Waals surface area contributed by atoms with E-state index in [-0.39, 0.29) is 16.7 Å². The van der Waals surface area contributed by atoms with E-state index in [0.29, 0.717) is 30.0 Å². The van der Waals surface area contributed by atoms with E-state index in [9.17, 15) is 9.59 Å². The van der Waals surface area contributed by atoms with Gasteiger partial charge in [0.2, 0.25) is 0 Å². The van der Waals surface area contributed by atoms with Gasteiger partial charge >= 0.3 is 11.5 Å². The lowest BCUT2D eigenvalue weighted by molar-refractivity contribution is 0.425. The molecule has 0 aliphatic carbocycles. The Hall–Kier alpha value is -2.31. The van der Waals surface area contributed by atoms with Crippen LogP contribution < -0.4 is 11.2 Å². The Labute approximate surface area is 126 Å². The molecule has 22 heavy (non-hydrogen) atoms. The van der Waals surface area contributed by atoms with E-state index < -0.39 is 0 Å². The van der Waals surface area contributed by atoms with Crippen molar-refractivity contribution in [3.63, 3.8) is 0 Å². The highest BCUT2D eigenvalue weighted by molar-refractivity contribution is 5.74. The molecule has 3 aromatic heterocycles. The molecule has 0 bridgehead atoms. The van der Waals surface area contributed by atoms with Crippen molar-refractivity contribution in [2.45, 2.75) is 46.1 Å². The summed E-state index contributed by atoms with van der Waals surface area (Å²) in [7, 11) is 1.62. The lowest BCUT2D eigenvalue weighted by Gasteiger charge is -2.13. The third-order valence-corrected chi connectivity index (χ3v) is 3.78. The third kappa shape index (κ3) is 1.92. The Morgan fingerprint density at radius 3 is 2.55 bits per heavy atom. The summed E-state index contributed by atoms with van der Waals surface area (Å²) in [5, 5.41) is 0. The van der Waals surface area contributed by atoms with Crippen LogP contribution in [0.5, 0.6) is 0 Å². The molecule has 3 rings (SSSR count). The Kier molecular flexibility index (Phi) is 3.05. The maximum Gasteiger partial charge on any atom is 0.332 e. The largest absolute Gasteiger partial charge is 0.428 e. The number of aryl methyl sites for hydroxylation is 1. The molecule has 118 valence electrons. The van der Waals surface area contributed by atoms with Crippen LogP contribution in [0.15, 0.2) is 20.2 Å². The Morgan fingerprint density at radius 1 is 1.27 bits per heavy atom. The summed E-state index contributed by atoms with van der Waals surface area (Å²) in [6, 6.07) is 0. The highest BCUT2D eigenvalue weighted by Crippen LogP contribution is 2.26. The van der Waals surface area contributed by atoms with Crippen LogP contribution in [0.2, 0.25) is 0 Å². The van der Waals surface area contributed by atoms with E-state index >= 15 is 0 Å². The van der Waals surface area contributed by atoms with Gasteiger partial charge in [0.25, 0.3) is 5.56 Å². The number of fused-ring (bicyclic) bond motifs is 3. The minimum atomic E-state index is -0.351. The van der Waals surface area contributed by atoms with Gasteiger partial charge in [0.15, 0.2) is 11.2 Å². The predicted octanol–water partition coefficient (Wildman–Crippen LogP) is 1.65. The third-order valence-electron chi connectivity index (χ3n) is 3.78. The SMILES string of the molecule is CCCn1c(=O)c2c(nc3oc(C(C)(C)C)cn32)n(C)c1=O. The van der Waals surface area contributed by atoms with Gasteiger partial charge in [-0.3, -0.25) is 18.3 Å². The first-order chi connectivity index (χ1) is 10.3. The van der Waals surface area contributed by atoms with E-state index in [1.54, 1.807) is 17.6 Å². The minimum absolute atomic E-state index is 0.184. The summed E-state index contributed by atoms with van der Waals surface area (Å²) in [4.78, 5) is 29.3. The maximum absolute atomic E-state index is 12.7. The molecule has 3 heterocycles. The van der Waals surface area contributed by atoms with Crippen LogP contribution in [0.4, 0.5) is 0 Å². The van der Waals surface area contributed by atoms with Crippen molar-refractivity contribution in [3.8, 4) is 0 Å². The molecule has 0 fully saturated rings. The van der Waals surface area contributed by atoms with Crippen molar-refractivity contribution in [2.24, 2.45) is 7.05 Å². The first kappa shape index (κ1) is 14.6. The number of hydrogen-bond donors (Lipinski definition) is 0. The molecule has 0 saturated heterocycles. The first-order valence-corrected chi connectivity index (χ1v) is 7.37. The van der Waals surface area contributed by atoms with Gasteiger partial charge < -0.3 is 4.42 Å². The van der Waals surface area contributed by atoms with Gasteiger partial charge in [-0.25, -0.2) is 4.79 Å². The molecule has 0 aromatic carbocycles. The summed E-state index contributed by atoms with van der Waals surface area (Å²) in [5.41, 5.74) is -0.132. The average molecular weight is 304 g/mol. The van der Waals surface area contributed by atoms with Crippen LogP contribution in [-0.2, 0) is 19.0 Å². The molecule has 3 aromatic rings. The van der Waals surface area contributed by atoms with Gasteiger partial charge in [0.05, 0.1) is 6.20 Å². The van der Waals surface area contributed by atoms with Gasteiger partial charge in [-0.05, 0) is 6.42 Å². The summed E-state index contributed by atoms with van der Waals surface area (Å²) >= 11 is 0. The van der Waals surface area contributed by atoms with E-state index in [0.717, 1.165) is 5.76 Å². The highest BCUT2D eigenvalue weighted by atomic mass is 16.4. The highest BCUT2D eigenvalue weighted by Gasteiger charge is 2.24. The smallest absolute Gasteiger partial charge is 0.332 e. The van der Waals surface area contributed by atoms with Crippen molar-refractivity contribution < 1.29 is 4.42 Å². The van der Waals surface area contributed by atoms with Gasteiger partial charge in [-0.2, -0.15) is 4.98 Å². The number of hydrogen-bond acceptors (Lipinski definition) is 4. The van der Waals surface area contributed by atoms with E-state index in [1.807, 2.05) is 27.7 Å². The monoisotopic (exact) mass is 304 g/mol. The van der Waals surface area contributed by atoms with E-state index in [1.165, 1.54) is 9.13 Å². The molecule has 0 N–H and O–H groups in total.